The first-order valence-corrected chi connectivity index (χ1v) is 15.3. The summed E-state index contributed by atoms with van der Waals surface area (Å²) in [5, 5.41) is 3.86. The monoisotopic (exact) mass is 548 g/mol. The molecule has 5 heteroatoms. The molecule has 2 atom stereocenters. The Morgan fingerprint density at radius 2 is 1.70 bits per heavy atom. The summed E-state index contributed by atoms with van der Waals surface area (Å²) >= 11 is 0. The van der Waals surface area contributed by atoms with Crippen molar-refractivity contribution in [2.24, 2.45) is 11.8 Å². The van der Waals surface area contributed by atoms with E-state index in [4.69, 9.17) is 9.47 Å². The molecule has 2 aromatic rings. The minimum Gasteiger partial charge on any atom is -0.487 e. The quantitative estimate of drug-likeness (QED) is 0.292. The summed E-state index contributed by atoms with van der Waals surface area (Å²) in [6.45, 7) is 22.8. The molecule has 0 amide bonds. The van der Waals surface area contributed by atoms with E-state index < -0.39 is 0 Å². The standard InChI is InChI=1S/C35H52N2O3/c1-10-37(22-25-16-17-25)31-24(2)35(8,9)29-27(32(31)38)18-19-28(39-23-26-14-12-11-13-15-26)30(29)36-34(6,7)20-21-40-33(3,4)5/h11-15,18-19,24-25,31,36H,10,16-17,20-23H2,1-9H3/t24-,31-/m0/s1. The van der Waals surface area contributed by atoms with Crippen LogP contribution in [0.2, 0.25) is 0 Å². The second kappa shape index (κ2) is 11.9. The molecule has 0 bridgehead atoms. The summed E-state index contributed by atoms with van der Waals surface area (Å²) in [6, 6.07) is 14.2. The molecular weight excluding hydrogens is 496 g/mol. The smallest absolute Gasteiger partial charge is 0.180 e. The first-order valence-electron chi connectivity index (χ1n) is 15.3. The van der Waals surface area contributed by atoms with E-state index in [1.807, 2.05) is 30.3 Å². The van der Waals surface area contributed by atoms with Gasteiger partial charge in [-0.3, -0.25) is 9.69 Å². The topological polar surface area (TPSA) is 50.8 Å². The Labute approximate surface area is 243 Å². The molecule has 1 saturated carbocycles. The van der Waals surface area contributed by atoms with Crippen LogP contribution in [-0.2, 0) is 16.8 Å². The van der Waals surface area contributed by atoms with Crippen LogP contribution in [0, 0.1) is 11.8 Å². The van der Waals surface area contributed by atoms with Crippen LogP contribution in [0.5, 0.6) is 5.75 Å². The van der Waals surface area contributed by atoms with Gasteiger partial charge in [0.25, 0.3) is 0 Å². The summed E-state index contributed by atoms with van der Waals surface area (Å²) in [5.74, 6) is 1.94. The summed E-state index contributed by atoms with van der Waals surface area (Å²) in [4.78, 5) is 16.7. The molecule has 1 N–H and O–H groups in total. The van der Waals surface area contributed by atoms with Crippen molar-refractivity contribution in [3.63, 3.8) is 0 Å². The van der Waals surface area contributed by atoms with Gasteiger partial charge in [-0.05, 0) is 101 Å². The number of rotatable bonds is 12. The Hall–Kier alpha value is -2.37. The fourth-order valence-corrected chi connectivity index (χ4v) is 6.01. The lowest BCUT2D eigenvalue weighted by Crippen LogP contribution is -2.55. The molecule has 2 aliphatic rings. The molecule has 0 saturated heterocycles. The van der Waals surface area contributed by atoms with Crippen molar-refractivity contribution >= 4 is 11.5 Å². The van der Waals surface area contributed by atoms with E-state index in [0.29, 0.717) is 13.2 Å². The highest BCUT2D eigenvalue weighted by atomic mass is 16.5. The van der Waals surface area contributed by atoms with Gasteiger partial charge in [-0.15, -0.1) is 0 Å². The van der Waals surface area contributed by atoms with E-state index in [-0.39, 0.29) is 34.3 Å². The molecule has 40 heavy (non-hydrogen) atoms. The number of likely N-dealkylation sites (N-methyl/N-ethyl adjacent to an activating group) is 1. The van der Waals surface area contributed by atoms with E-state index in [2.05, 4.69) is 84.7 Å². The number of fused-ring (bicyclic) bond motifs is 1. The van der Waals surface area contributed by atoms with Crippen LogP contribution < -0.4 is 10.1 Å². The van der Waals surface area contributed by atoms with Gasteiger partial charge in [0.15, 0.2) is 5.78 Å². The zero-order valence-electron chi connectivity index (χ0n) is 26.4. The lowest BCUT2D eigenvalue weighted by atomic mass is 9.62. The van der Waals surface area contributed by atoms with Crippen LogP contribution in [0.1, 0.15) is 103 Å². The number of nitrogens with one attached hydrogen (secondary N) is 1. The predicted molar refractivity (Wildman–Crippen MR) is 166 cm³/mol. The summed E-state index contributed by atoms with van der Waals surface area (Å²) in [5.41, 5.74) is 3.28. The van der Waals surface area contributed by atoms with Crippen molar-refractivity contribution in [3.05, 3.63) is 59.2 Å². The van der Waals surface area contributed by atoms with Crippen LogP contribution in [0.4, 0.5) is 5.69 Å². The number of ketones is 1. The van der Waals surface area contributed by atoms with Crippen molar-refractivity contribution < 1.29 is 14.3 Å². The average molecular weight is 549 g/mol. The average Bonchev–Trinajstić information content (AvgIpc) is 3.69. The number of benzene rings is 2. The van der Waals surface area contributed by atoms with Crippen molar-refractivity contribution in [1.29, 1.82) is 0 Å². The van der Waals surface area contributed by atoms with Crippen LogP contribution in [0.3, 0.4) is 0 Å². The maximum atomic E-state index is 14.3. The van der Waals surface area contributed by atoms with Crippen molar-refractivity contribution in [1.82, 2.24) is 4.90 Å². The maximum Gasteiger partial charge on any atom is 0.180 e. The Morgan fingerprint density at radius 1 is 1.02 bits per heavy atom. The number of carbonyl (C=O) groups is 1. The van der Waals surface area contributed by atoms with E-state index in [0.717, 1.165) is 53.6 Å². The van der Waals surface area contributed by atoms with Crippen molar-refractivity contribution in [2.45, 2.75) is 111 Å². The number of ether oxygens (including phenoxy) is 2. The number of hydrogen-bond acceptors (Lipinski definition) is 5. The molecule has 220 valence electrons. The highest BCUT2D eigenvalue weighted by molar-refractivity contribution is 6.05. The lowest BCUT2D eigenvalue weighted by molar-refractivity contribution is -0.00849. The normalized spacial score (nSPS) is 20.9. The molecule has 0 aliphatic heterocycles. The first kappa shape index (κ1) is 30.6. The zero-order valence-corrected chi connectivity index (χ0v) is 26.4. The molecule has 0 heterocycles. The van der Waals surface area contributed by atoms with Gasteiger partial charge in [-0.25, -0.2) is 0 Å². The maximum absolute atomic E-state index is 14.3. The largest absolute Gasteiger partial charge is 0.487 e. The fourth-order valence-electron chi connectivity index (χ4n) is 6.01. The van der Waals surface area contributed by atoms with Gasteiger partial charge in [0.05, 0.1) is 17.3 Å². The third-order valence-electron chi connectivity index (χ3n) is 8.91. The summed E-state index contributed by atoms with van der Waals surface area (Å²) in [6.07, 6.45) is 3.40. The molecule has 1 fully saturated rings. The Morgan fingerprint density at radius 3 is 2.30 bits per heavy atom. The highest BCUT2D eigenvalue weighted by Gasteiger charge is 2.49. The third-order valence-corrected chi connectivity index (χ3v) is 8.91. The summed E-state index contributed by atoms with van der Waals surface area (Å²) in [7, 11) is 0. The van der Waals surface area contributed by atoms with Crippen LogP contribution >= 0.6 is 0 Å². The van der Waals surface area contributed by atoms with E-state index in [9.17, 15) is 4.79 Å². The molecule has 5 nitrogen and oxygen atoms in total. The SMILES string of the molecule is CCN(CC1CC1)[C@@H]1C(=O)c2ccc(OCc3ccccc3)c(NC(C)(C)CCOC(C)(C)C)c2C(C)(C)[C@H]1C. The Kier molecular flexibility index (Phi) is 9.06. The van der Waals surface area contributed by atoms with E-state index in [1.165, 1.54) is 12.8 Å². The summed E-state index contributed by atoms with van der Waals surface area (Å²) < 4.78 is 12.6. The van der Waals surface area contributed by atoms with Gasteiger partial charge in [-0.2, -0.15) is 0 Å². The van der Waals surface area contributed by atoms with Gasteiger partial charge in [0, 0.05) is 24.3 Å². The van der Waals surface area contributed by atoms with Crippen LogP contribution in [0.25, 0.3) is 0 Å². The van der Waals surface area contributed by atoms with Crippen LogP contribution in [-0.4, -0.2) is 47.6 Å². The van der Waals surface area contributed by atoms with E-state index >= 15 is 0 Å². The molecule has 2 aromatic carbocycles. The number of Topliss-reactive ketones (excluding diaryl/α,β-unsaturated/α-hetero) is 1. The Balaban J connectivity index is 1.73. The number of carbonyl (C=O) groups excluding carboxylic acids is 1. The zero-order chi connectivity index (χ0) is 29.3. The third kappa shape index (κ3) is 7.09. The highest BCUT2D eigenvalue weighted by Crippen LogP contribution is 2.50. The molecule has 0 unspecified atom stereocenters. The van der Waals surface area contributed by atoms with Gasteiger partial charge < -0.3 is 14.8 Å². The van der Waals surface area contributed by atoms with Gasteiger partial charge in [-0.1, -0.05) is 58.0 Å². The number of hydrogen-bond donors (Lipinski definition) is 1. The fraction of sp³-hybridized carbons (Fsp3) is 0.629. The second-order valence-corrected chi connectivity index (χ2v) is 14.2. The predicted octanol–water partition coefficient (Wildman–Crippen LogP) is 7.87. The molecule has 0 spiro atoms. The molecule has 0 radical (unpaired) electrons. The first-order chi connectivity index (χ1) is 18.7. The van der Waals surface area contributed by atoms with Crippen molar-refractivity contribution in [2.75, 3.05) is 25.0 Å². The minimum absolute atomic E-state index is 0.106. The molecule has 0 aromatic heterocycles. The van der Waals surface area contributed by atoms with Crippen molar-refractivity contribution in [3.8, 4) is 5.75 Å². The van der Waals surface area contributed by atoms with E-state index in [1.54, 1.807) is 0 Å². The van der Waals surface area contributed by atoms with Gasteiger partial charge >= 0.3 is 0 Å². The number of anilines is 1. The molecule has 2 aliphatic carbocycles. The molecular formula is C35H52N2O3. The lowest BCUT2D eigenvalue weighted by Gasteiger charge is -2.48. The second-order valence-electron chi connectivity index (χ2n) is 14.2. The molecule has 4 rings (SSSR count). The number of nitrogens with zero attached hydrogens (tertiary/aromatic N) is 1. The Bertz CT molecular complexity index is 1160. The van der Waals surface area contributed by atoms with Crippen LogP contribution in [0.15, 0.2) is 42.5 Å². The minimum atomic E-state index is -0.272. The van der Waals surface area contributed by atoms with Gasteiger partial charge in [0.1, 0.15) is 12.4 Å². The van der Waals surface area contributed by atoms with Gasteiger partial charge in [0.2, 0.25) is 0 Å².